The average Bonchev–Trinajstić information content (AvgIpc) is 2.62. The summed E-state index contributed by atoms with van der Waals surface area (Å²) in [5, 5.41) is 2.65. The number of rotatable bonds is 5. The van der Waals surface area contributed by atoms with Gasteiger partial charge in [0.15, 0.2) is 0 Å². The summed E-state index contributed by atoms with van der Waals surface area (Å²) in [6.45, 7) is 3.61. The van der Waals surface area contributed by atoms with E-state index in [0.29, 0.717) is 31.9 Å². The van der Waals surface area contributed by atoms with E-state index in [0.717, 1.165) is 5.56 Å². The minimum atomic E-state index is -3.52. The van der Waals surface area contributed by atoms with Crippen LogP contribution < -0.4 is 5.32 Å². The molecule has 1 heterocycles. The number of hydrogen-bond donors (Lipinski definition) is 1. The molecule has 8 heteroatoms. The molecule has 1 N–H and O–H groups in total. The molecule has 0 aromatic heterocycles. The van der Waals surface area contributed by atoms with E-state index in [2.05, 4.69) is 5.32 Å². The molecule has 144 valence electrons. The van der Waals surface area contributed by atoms with Crippen molar-refractivity contribution in [1.82, 2.24) is 9.21 Å². The highest BCUT2D eigenvalue weighted by Gasteiger charge is 2.28. The second-order valence-corrected chi connectivity index (χ2v) is 8.49. The van der Waals surface area contributed by atoms with E-state index in [9.17, 15) is 17.6 Å². The zero-order valence-corrected chi connectivity index (χ0v) is 15.9. The number of hydrogen-bond acceptors (Lipinski definition) is 4. The number of anilines is 1. The van der Waals surface area contributed by atoms with Crippen molar-refractivity contribution in [1.29, 1.82) is 0 Å². The van der Waals surface area contributed by atoms with Crippen molar-refractivity contribution in [3.63, 3.8) is 0 Å². The molecular weight excluding hydrogens is 369 g/mol. The molecule has 1 fully saturated rings. The normalized spacial score (nSPS) is 16.2. The van der Waals surface area contributed by atoms with Crippen molar-refractivity contribution >= 4 is 21.6 Å². The summed E-state index contributed by atoms with van der Waals surface area (Å²) in [4.78, 5) is 14.3. The Morgan fingerprint density at radius 2 is 1.74 bits per heavy atom. The summed E-state index contributed by atoms with van der Waals surface area (Å²) in [7, 11) is -3.52. The highest BCUT2D eigenvalue weighted by Crippen LogP contribution is 2.18. The number of nitrogens with zero attached hydrogens (tertiary/aromatic N) is 2. The van der Waals surface area contributed by atoms with Crippen molar-refractivity contribution in [2.75, 3.05) is 38.0 Å². The number of carbonyl (C=O) groups excluding carboxylic acids is 1. The van der Waals surface area contributed by atoms with Crippen LogP contribution in [0.2, 0.25) is 0 Å². The molecule has 2 aromatic carbocycles. The molecule has 0 aliphatic carbocycles. The molecule has 0 bridgehead atoms. The summed E-state index contributed by atoms with van der Waals surface area (Å²) in [6.07, 6.45) is 0. The third kappa shape index (κ3) is 4.91. The van der Waals surface area contributed by atoms with Crippen LogP contribution in [0.5, 0.6) is 0 Å². The van der Waals surface area contributed by atoms with Gasteiger partial charge in [-0.05, 0) is 37.3 Å². The topological polar surface area (TPSA) is 69.7 Å². The van der Waals surface area contributed by atoms with Gasteiger partial charge in [-0.3, -0.25) is 9.69 Å². The van der Waals surface area contributed by atoms with Crippen molar-refractivity contribution in [3.05, 3.63) is 59.9 Å². The van der Waals surface area contributed by atoms with E-state index in [1.165, 1.54) is 22.5 Å². The number of piperazine rings is 1. The number of sulfonamides is 1. The van der Waals surface area contributed by atoms with Crippen molar-refractivity contribution in [2.24, 2.45) is 0 Å². The Bertz CT molecular complexity index is 908. The summed E-state index contributed by atoms with van der Waals surface area (Å²) >= 11 is 0. The molecule has 27 heavy (non-hydrogen) atoms. The third-order valence-corrected chi connectivity index (χ3v) is 6.38. The smallest absolute Gasteiger partial charge is 0.243 e. The lowest BCUT2D eigenvalue weighted by atomic mass is 10.2. The highest BCUT2D eigenvalue weighted by atomic mass is 32.2. The predicted molar refractivity (Wildman–Crippen MR) is 101 cm³/mol. The van der Waals surface area contributed by atoms with Crippen LogP contribution in [-0.2, 0) is 14.8 Å². The molecule has 1 amide bonds. The number of aryl methyl sites for hydroxylation is 1. The zero-order valence-electron chi connectivity index (χ0n) is 15.1. The van der Waals surface area contributed by atoms with Gasteiger partial charge in [0.1, 0.15) is 5.82 Å². The minimum Gasteiger partial charge on any atom is -0.325 e. The van der Waals surface area contributed by atoms with E-state index in [4.69, 9.17) is 0 Å². The van der Waals surface area contributed by atoms with Crippen LogP contribution >= 0.6 is 0 Å². The quantitative estimate of drug-likeness (QED) is 0.847. The standard InChI is InChI=1S/C19H22FN3O3S/c1-15-5-7-18(8-6-15)27(25,26)23-11-9-22(10-12-23)14-19(24)21-17-4-2-3-16(20)13-17/h2-8,13H,9-12,14H2,1H3,(H,21,24). The molecule has 1 aliphatic rings. The summed E-state index contributed by atoms with van der Waals surface area (Å²) in [6, 6.07) is 12.5. The molecular formula is C19H22FN3O3S. The van der Waals surface area contributed by atoms with Crippen LogP contribution in [-0.4, -0.2) is 56.3 Å². The lowest BCUT2D eigenvalue weighted by Gasteiger charge is -2.33. The maximum atomic E-state index is 13.2. The molecule has 1 aliphatic heterocycles. The van der Waals surface area contributed by atoms with Gasteiger partial charge in [0, 0.05) is 31.9 Å². The molecule has 6 nitrogen and oxygen atoms in total. The Hall–Kier alpha value is -2.29. The summed E-state index contributed by atoms with van der Waals surface area (Å²) < 4.78 is 40.0. The van der Waals surface area contributed by atoms with Crippen LogP contribution in [0.4, 0.5) is 10.1 Å². The third-order valence-electron chi connectivity index (χ3n) is 4.47. The van der Waals surface area contributed by atoms with Gasteiger partial charge < -0.3 is 5.32 Å². The Labute approximate surface area is 158 Å². The van der Waals surface area contributed by atoms with Crippen LogP contribution in [0.1, 0.15) is 5.56 Å². The van der Waals surface area contributed by atoms with E-state index in [1.54, 1.807) is 30.3 Å². The molecule has 0 radical (unpaired) electrons. The van der Waals surface area contributed by atoms with E-state index in [-0.39, 0.29) is 17.3 Å². The first-order valence-electron chi connectivity index (χ1n) is 8.69. The van der Waals surface area contributed by atoms with Crippen LogP contribution in [0.25, 0.3) is 0 Å². The molecule has 0 saturated carbocycles. The predicted octanol–water partition coefficient (Wildman–Crippen LogP) is 2.08. The van der Waals surface area contributed by atoms with Gasteiger partial charge in [-0.2, -0.15) is 4.31 Å². The first-order valence-corrected chi connectivity index (χ1v) is 10.1. The number of carbonyl (C=O) groups is 1. The van der Waals surface area contributed by atoms with Crippen molar-refractivity contribution in [2.45, 2.75) is 11.8 Å². The first kappa shape index (κ1) is 19.5. The van der Waals surface area contributed by atoms with Crippen LogP contribution in [0, 0.1) is 12.7 Å². The fraction of sp³-hybridized carbons (Fsp3) is 0.316. The maximum absolute atomic E-state index is 13.2. The number of benzene rings is 2. The first-order chi connectivity index (χ1) is 12.8. The molecule has 0 unspecified atom stereocenters. The largest absolute Gasteiger partial charge is 0.325 e. The Kier molecular flexibility index (Phi) is 5.88. The Morgan fingerprint density at radius 1 is 1.07 bits per heavy atom. The number of amides is 1. The second kappa shape index (κ2) is 8.16. The van der Waals surface area contributed by atoms with Gasteiger partial charge in [-0.1, -0.05) is 23.8 Å². The van der Waals surface area contributed by atoms with Crippen LogP contribution in [0.3, 0.4) is 0 Å². The van der Waals surface area contributed by atoms with E-state index < -0.39 is 15.8 Å². The number of nitrogens with one attached hydrogen (secondary N) is 1. The summed E-state index contributed by atoms with van der Waals surface area (Å²) in [5.74, 6) is -0.668. The van der Waals surface area contributed by atoms with Crippen molar-refractivity contribution in [3.8, 4) is 0 Å². The lowest BCUT2D eigenvalue weighted by Crippen LogP contribution is -2.50. The highest BCUT2D eigenvalue weighted by molar-refractivity contribution is 7.89. The number of halogens is 1. The zero-order chi connectivity index (χ0) is 19.4. The van der Waals surface area contributed by atoms with Crippen LogP contribution in [0.15, 0.2) is 53.4 Å². The second-order valence-electron chi connectivity index (χ2n) is 6.55. The van der Waals surface area contributed by atoms with Gasteiger partial charge in [-0.25, -0.2) is 12.8 Å². The minimum absolute atomic E-state index is 0.134. The van der Waals surface area contributed by atoms with E-state index in [1.807, 2.05) is 11.8 Å². The van der Waals surface area contributed by atoms with Gasteiger partial charge in [0.25, 0.3) is 0 Å². The van der Waals surface area contributed by atoms with Gasteiger partial charge >= 0.3 is 0 Å². The lowest BCUT2D eigenvalue weighted by molar-refractivity contribution is -0.117. The molecule has 3 rings (SSSR count). The van der Waals surface area contributed by atoms with E-state index >= 15 is 0 Å². The molecule has 2 aromatic rings. The maximum Gasteiger partial charge on any atom is 0.243 e. The Balaban J connectivity index is 1.54. The monoisotopic (exact) mass is 391 g/mol. The average molecular weight is 391 g/mol. The fourth-order valence-electron chi connectivity index (χ4n) is 2.96. The van der Waals surface area contributed by atoms with Crippen molar-refractivity contribution < 1.29 is 17.6 Å². The molecule has 0 atom stereocenters. The molecule has 0 spiro atoms. The van der Waals surface area contributed by atoms with Gasteiger partial charge in [0.05, 0.1) is 11.4 Å². The van der Waals surface area contributed by atoms with Gasteiger partial charge in [-0.15, -0.1) is 0 Å². The molecule has 1 saturated heterocycles. The fourth-order valence-corrected chi connectivity index (χ4v) is 4.38. The summed E-state index contributed by atoms with van der Waals surface area (Å²) in [5.41, 5.74) is 1.41. The Morgan fingerprint density at radius 3 is 2.37 bits per heavy atom. The van der Waals surface area contributed by atoms with Gasteiger partial charge in [0.2, 0.25) is 15.9 Å². The SMILES string of the molecule is Cc1ccc(S(=O)(=O)N2CCN(CC(=O)Nc3cccc(F)c3)CC2)cc1.